The van der Waals surface area contributed by atoms with E-state index in [1.165, 1.54) is 27.4 Å². The molecule has 18 atom stereocenters. The molecule has 0 amide bonds. The van der Waals surface area contributed by atoms with Crippen molar-refractivity contribution in [3.05, 3.63) is 36.3 Å². The predicted octanol–water partition coefficient (Wildman–Crippen LogP) is -3.12. The summed E-state index contributed by atoms with van der Waals surface area (Å²) in [5.74, 6) is -5.12. The van der Waals surface area contributed by atoms with Crippen LogP contribution in [0.2, 0.25) is 0 Å². The topological polar surface area (TPSA) is 288 Å². The van der Waals surface area contributed by atoms with Gasteiger partial charge in [-0.05, 0) is 6.42 Å². The number of carbonyl (C=O) groups excluding carboxylic acids is 2. The lowest BCUT2D eigenvalue weighted by molar-refractivity contribution is -0.342. The fourth-order valence-corrected chi connectivity index (χ4v) is 7.85. The third kappa shape index (κ3) is 8.72. The average molecular weight is 793 g/mol. The van der Waals surface area contributed by atoms with Gasteiger partial charge < -0.3 is 88.2 Å². The lowest BCUT2D eigenvalue weighted by Gasteiger charge is -2.43. The summed E-state index contributed by atoms with van der Waals surface area (Å²) in [7, 11) is 4.00. The molecule has 0 aromatic heterocycles. The van der Waals surface area contributed by atoms with Crippen molar-refractivity contribution in [1.29, 1.82) is 0 Å². The van der Waals surface area contributed by atoms with E-state index < -0.39 is 141 Å². The normalized spacial score (nSPS) is 43.0. The van der Waals surface area contributed by atoms with Gasteiger partial charge in [-0.15, -0.1) is 6.58 Å². The van der Waals surface area contributed by atoms with Crippen LogP contribution in [0.4, 0.5) is 0 Å². The zero-order valence-electron chi connectivity index (χ0n) is 30.7. The molecule has 0 radical (unpaired) electrons. The first-order chi connectivity index (χ1) is 26.2. The summed E-state index contributed by atoms with van der Waals surface area (Å²) in [5, 5.41) is 81.5. The number of hydrogen-bond donors (Lipinski definition) is 8. The van der Waals surface area contributed by atoms with Crippen LogP contribution in [0.25, 0.3) is 0 Å². The van der Waals surface area contributed by atoms with Crippen molar-refractivity contribution in [3.8, 4) is 0 Å². The highest BCUT2D eigenvalue weighted by atomic mass is 16.8. The van der Waals surface area contributed by atoms with Crippen LogP contribution in [0.15, 0.2) is 36.3 Å². The third-order valence-electron chi connectivity index (χ3n) is 11.1. The Morgan fingerprint density at radius 1 is 0.782 bits per heavy atom. The van der Waals surface area contributed by atoms with Crippen LogP contribution >= 0.6 is 0 Å². The molecule has 1 aliphatic carbocycles. The van der Waals surface area contributed by atoms with E-state index in [9.17, 15) is 50.4 Å². The lowest BCUT2D eigenvalue weighted by atomic mass is 9.81. The number of ether oxygens (including phenoxy) is 10. The molecule has 0 unspecified atom stereocenters. The maximum atomic E-state index is 14.1. The minimum atomic E-state index is -1.74. The number of rotatable bonds is 14. The molecule has 1 saturated carbocycles. The molecule has 20 heteroatoms. The molecule has 4 aliphatic heterocycles. The van der Waals surface area contributed by atoms with Crippen molar-refractivity contribution < 1.29 is 97.8 Å². The molecule has 0 aromatic carbocycles. The molecule has 3 fully saturated rings. The van der Waals surface area contributed by atoms with E-state index in [-0.39, 0.29) is 24.0 Å². The molecule has 2 saturated heterocycles. The standard InChI is InChI=1S/C35H52O20/c1-6-14-15(8-22(46-3)47-4)17(11-49-32(14)54-34-28(42)26(40)24(38)20(9-36)52-34)31(45)51-19-7-16-18(30(44)48-5)12-50-33(23(16)13(19)2)55-35-29(43)27(41)25(39)21(10-37)53-35/h6,11-16,19-29,32-43H,1,7-10H2,2-5H3/t13-,14-,15-,16+,19+,20-,21-,23+,24+,25+,26+,27+,28-,29-,32+,33+,34+,35+/m1/s1. The molecule has 0 bridgehead atoms. The van der Waals surface area contributed by atoms with Gasteiger partial charge in [0, 0.05) is 50.2 Å². The Morgan fingerprint density at radius 2 is 1.31 bits per heavy atom. The molecule has 4 heterocycles. The quantitative estimate of drug-likeness (QED) is 0.0491. The summed E-state index contributed by atoms with van der Waals surface area (Å²) in [6, 6.07) is 0. The first kappa shape index (κ1) is 43.3. The van der Waals surface area contributed by atoms with E-state index in [4.69, 9.17) is 47.4 Å². The smallest absolute Gasteiger partial charge is 0.337 e. The summed E-state index contributed by atoms with van der Waals surface area (Å²) < 4.78 is 56.4. The van der Waals surface area contributed by atoms with Crippen molar-refractivity contribution >= 4 is 11.9 Å². The maximum absolute atomic E-state index is 14.1. The number of fused-ring (bicyclic) bond motifs is 1. The van der Waals surface area contributed by atoms with E-state index in [1.54, 1.807) is 6.92 Å². The van der Waals surface area contributed by atoms with Crippen molar-refractivity contribution in [2.24, 2.45) is 29.6 Å². The minimum Gasteiger partial charge on any atom is -0.472 e. The highest BCUT2D eigenvalue weighted by molar-refractivity contribution is 5.90. The molecular weight excluding hydrogens is 740 g/mol. The van der Waals surface area contributed by atoms with Crippen LogP contribution in [0.3, 0.4) is 0 Å². The number of carbonyl (C=O) groups is 2. The van der Waals surface area contributed by atoms with Crippen LogP contribution in [0.1, 0.15) is 19.8 Å². The van der Waals surface area contributed by atoms with E-state index in [0.717, 1.165) is 12.5 Å². The molecular formula is C35H52O20. The highest BCUT2D eigenvalue weighted by Gasteiger charge is 2.55. The maximum Gasteiger partial charge on any atom is 0.337 e. The van der Waals surface area contributed by atoms with Gasteiger partial charge in [0.25, 0.3) is 0 Å². The largest absolute Gasteiger partial charge is 0.472 e. The van der Waals surface area contributed by atoms with Gasteiger partial charge in [-0.3, -0.25) is 0 Å². The van der Waals surface area contributed by atoms with Crippen LogP contribution < -0.4 is 0 Å². The van der Waals surface area contributed by atoms with Gasteiger partial charge >= 0.3 is 11.9 Å². The summed E-state index contributed by atoms with van der Waals surface area (Å²) in [6.07, 6.45) is -16.1. The summed E-state index contributed by atoms with van der Waals surface area (Å²) in [5.41, 5.74) is 0.154. The average Bonchev–Trinajstić information content (AvgIpc) is 3.51. The summed E-state index contributed by atoms with van der Waals surface area (Å²) in [6.45, 7) is 4.25. The Morgan fingerprint density at radius 3 is 1.82 bits per heavy atom. The molecule has 5 rings (SSSR count). The number of hydrogen-bond acceptors (Lipinski definition) is 20. The Kier molecular flexibility index (Phi) is 14.7. The molecule has 0 aromatic rings. The summed E-state index contributed by atoms with van der Waals surface area (Å²) in [4.78, 5) is 26.9. The van der Waals surface area contributed by atoms with Gasteiger partial charge in [0.05, 0.1) is 44.0 Å². The van der Waals surface area contributed by atoms with Gasteiger partial charge in [-0.25, -0.2) is 9.59 Å². The number of esters is 2. The van der Waals surface area contributed by atoms with Gasteiger partial charge in [-0.1, -0.05) is 13.0 Å². The Hall–Kier alpha value is -2.80. The van der Waals surface area contributed by atoms with Crippen LogP contribution in [0.5, 0.6) is 0 Å². The van der Waals surface area contributed by atoms with Crippen molar-refractivity contribution in [2.75, 3.05) is 34.5 Å². The number of aliphatic hydroxyl groups excluding tert-OH is 8. The molecule has 312 valence electrons. The predicted molar refractivity (Wildman–Crippen MR) is 178 cm³/mol. The van der Waals surface area contributed by atoms with E-state index >= 15 is 0 Å². The minimum absolute atomic E-state index is 0.0221. The van der Waals surface area contributed by atoms with Gasteiger partial charge in [-0.2, -0.15) is 0 Å². The van der Waals surface area contributed by atoms with Gasteiger partial charge in [0.1, 0.15) is 54.9 Å². The second-order valence-electron chi connectivity index (χ2n) is 14.1. The highest BCUT2D eigenvalue weighted by Crippen LogP contribution is 2.49. The first-order valence-corrected chi connectivity index (χ1v) is 17.8. The van der Waals surface area contributed by atoms with Gasteiger partial charge in [0.15, 0.2) is 18.9 Å². The van der Waals surface area contributed by atoms with E-state index in [1.807, 2.05) is 0 Å². The molecule has 8 N–H and O–H groups in total. The second-order valence-corrected chi connectivity index (χ2v) is 14.1. The first-order valence-electron chi connectivity index (χ1n) is 17.8. The number of aliphatic hydroxyl groups is 8. The lowest BCUT2D eigenvalue weighted by Crippen LogP contribution is -2.60. The molecule has 5 aliphatic rings. The Bertz CT molecular complexity index is 1380. The summed E-state index contributed by atoms with van der Waals surface area (Å²) >= 11 is 0. The zero-order valence-corrected chi connectivity index (χ0v) is 30.7. The van der Waals surface area contributed by atoms with Crippen molar-refractivity contribution in [1.82, 2.24) is 0 Å². The van der Waals surface area contributed by atoms with Crippen LogP contribution in [-0.2, 0) is 57.0 Å². The fourth-order valence-electron chi connectivity index (χ4n) is 7.85. The van der Waals surface area contributed by atoms with Gasteiger partial charge in [0.2, 0.25) is 12.6 Å². The third-order valence-corrected chi connectivity index (χ3v) is 11.1. The van der Waals surface area contributed by atoms with Crippen LogP contribution in [-0.4, -0.2) is 174 Å². The monoisotopic (exact) mass is 792 g/mol. The van der Waals surface area contributed by atoms with E-state index in [2.05, 4.69) is 6.58 Å². The molecule has 0 spiro atoms. The second kappa shape index (κ2) is 18.6. The number of methoxy groups -OCH3 is 3. The molecule has 55 heavy (non-hydrogen) atoms. The Labute approximate surface area is 316 Å². The van der Waals surface area contributed by atoms with Crippen LogP contribution in [0, 0.1) is 29.6 Å². The molecule has 20 nitrogen and oxygen atoms in total. The fraction of sp³-hybridized carbons (Fsp3) is 0.771. The van der Waals surface area contributed by atoms with Crippen molar-refractivity contribution in [2.45, 2.75) is 106 Å². The zero-order chi connectivity index (χ0) is 40.3. The van der Waals surface area contributed by atoms with E-state index in [0.29, 0.717) is 0 Å². The Balaban J connectivity index is 1.37. The SMILES string of the molecule is C=C[C@H]1[C@H](O[C@@H]2O[C@H](CO)[C@H](O)[C@H](O)[C@H]2O)OC=C(C(=O)O[C@H]2C[C@H]3C(C(=O)OC)=CO[C@@H](O[C@@H]4O[C@H](CO)[C@H](O)[C@H](O)[C@H]4O)[C@H]3[C@@H]2C)[C@@H]1CC(OC)OC. The van der Waals surface area contributed by atoms with Crippen molar-refractivity contribution in [3.63, 3.8) is 0 Å².